The Morgan fingerprint density at radius 3 is 3.04 bits per heavy atom. The van der Waals surface area contributed by atoms with Crippen LogP contribution in [-0.2, 0) is 0 Å². The molecule has 0 saturated heterocycles. The summed E-state index contributed by atoms with van der Waals surface area (Å²) in [5.41, 5.74) is 9.66. The van der Waals surface area contributed by atoms with Crippen LogP contribution < -0.4 is 16.0 Å². The number of fused-ring (bicyclic) bond motifs is 2. The first kappa shape index (κ1) is 15.5. The van der Waals surface area contributed by atoms with Gasteiger partial charge in [0.25, 0.3) is 5.91 Å². The number of benzene rings is 1. The number of amides is 1. The van der Waals surface area contributed by atoms with E-state index in [0.717, 1.165) is 28.2 Å². The number of carbonyl (C=O) groups is 1. The van der Waals surface area contributed by atoms with Gasteiger partial charge in [0.1, 0.15) is 0 Å². The second kappa shape index (κ2) is 5.82. The zero-order valence-electron chi connectivity index (χ0n) is 13.5. The number of hydrogen-bond acceptors (Lipinski definition) is 6. The Morgan fingerprint density at radius 2 is 2.24 bits per heavy atom. The summed E-state index contributed by atoms with van der Waals surface area (Å²) in [6, 6.07) is 7.88. The Hall–Kier alpha value is -3.00. The van der Waals surface area contributed by atoms with Gasteiger partial charge in [0.2, 0.25) is 0 Å². The highest BCUT2D eigenvalue weighted by atomic mass is 32.2. The summed E-state index contributed by atoms with van der Waals surface area (Å²) < 4.78 is 0. The van der Waals surface area contributed by atoms with Crippen LogP contribution in [-0.4, -0.2) is 33.9 Å². The van der Waals surface area contributed by atoms with Crippen LogP contribution in [0.3, 0.4) is 0 Å². The highest BCUT2D eigenvalue weighted by Crippen LogP contribution is 2.40. The third-order valence-electron chi connectivity index (χ3n) is 4.17. The molecule has 0 fully saturated rings. The minimum Gasteiger partial charge on any atom is -0.364 e. The van der Waals surface area contributed by atoms with E-state index in [1.54, 1.807) is 18.0 Å². The molecule has 126 valence electrons. The van der Waals surface area contributed by atoms with E-state index >= 15 is 0 Å². The molecule has 4 rings (SSSR count). The number of rotatable bonds is 3. The van der Waals surface area contributed by atoms with Crippen molar-refractivity contribution in [2.24, 2.45) is 5.73 Å². The number of aromatic nitrogens is 3. The number of carbonyl (C=O) groups excluding carboxylic acids is 1. The van der Waals surface area contributed by atoms with Crippen LogP contribution in [0, 0.1) is 0 Å². The number of hydrogen-bond donors (Lipinski definition) is 3. The minimum atomic E-state index is -0.628. The number of H-pyrrole nitrogens is 1. The predicted molar refractivity (Wildman–Crippen MR) is 100 cm³/mol. The summed E-state index contributed by atoms with van der Waals surface area (Å²) in [7, 11) is 2.00. The third-order valence-corrected chi connectivity index (χ3v) is 5.31. The van der Waals surface area contributed by atoms with Gasteiger partial charge in [-0.1, -0.05) is 6.58 Å². The number of anilines is 3. The average Bonchev–Trinajstić information content (AvgIpc) is 3.08. The summed E-state index contributed by atoms with van der Waals surface area (Å²) in [4.78, 5) is 18.0. The van der Waals surface area contributed by atoms with E-state index in [9.17, 15) is 4.79 Å². The van der Waals surface area contributed by atoms with Gasteiger partial charge in [-0.15, -0.1) is 22.0 Å². The highest BCUT2D eigenvalue weighted by molar-refractivity contribution is 7.99. The van der Waals surface area contributed by atoms with Crippen molar-refractivity contribution in [3.8, 4) is 0 Å². The predicted octanol–water partition coefficient (Wildman–Crippen LogP) is 2.86. The number of nitrogens with two attached hydrogens (primary N) is 1. The Balaban J connectivity index is 1.80. The average molecular weight is 352 g/mol. The first-order chi connectivity index (χ1) is 12.0. The maximum atomic E-state index is 11.8. The van der Waals surface area contributed by atoms with Crippen molar-refractivity contribution in [2.45, 2.75) is 4.90 Å². The maximum Gasteiger partial charge on any atom is 0.271 e. The van der Waals surface area contributed by atoms with Crippen LogP contribution in [0.1, 0.15) is 10.5 Å². The molecule has 3 heterocycles. The van der Waals surface area contributed by atoms with Gasteiger partial charge in [0.05, 0.1) is 11.4 Å². The summed E-state index contributed by atoms with van der Waals surface area (Å²) in [5, 5.41) is 12.0. The van der Waals surface area contributed by atoms with Crippen molar-refractivity contribution in [2.75, 3.05) is 23.0 Å². The molecule has 7 nitrogen and oxygen atoms in total. The number of thioether (sulfide) groups is 1. The summed E-state index contributed by atoms with van der Waals surface area (Å²) in [5.74, 6) is 0.248. The van der Waals surface area contributed by atoms with Crippen LogP contribution in [0.5, 0.6) is 0 Å². The number of nitrogens with zero attached hydrogens (tertiary/aromatic N) is 3. The van der Waals surface area contributed by atoms with Crippen LogP contribution in [0.15, 0.2) is 47.6 Å². The van der Waals surface area contributed by atoms with Gasteiger partial charge < -0.3 is 20.9 Å². The van der Waals surface area contributed by atoms with E-state index in [1.165, 1.54) is 4.90 Å². The Labute approximate surface area is 148 Å². The molecule has 1 aromatic carbocycles. The van der Waals surface area contributed by atoms with E-state index in [-0.39, 0.29) is 5.69 Å². The molecule has 8 heteroatoms. The fraction of sp³-hybridized carbons (Fsp3) is 0.118. The van der Waals surface area contributed by atoms with Crippen molar-refractivity contribution in [3.63, 3.8) is 0 Å². The fourth-order valence-electron chi connectivity index (χ4n) is 2.77. The minimum absolute atomic E-state index is 0.108. The lowest BCUT2D eigenvalue weighted by Gasteiger charge is -2.29. The Morgan fingerprint density at radius 1 is 1.40 bits per heavy atom. The molecule has 0 radical (unpaired) electrons. The van der Waals surface area contributed by atoms with Crippen LogP contribution in [0.2, 0.25) is 0 Å². The SMILES string of the molecule is C=C1CSc2ccc(Nc3c(C(N)=O)nnc4[nH]ccc34)cc2N1C. The van der Waals surface area contributed by atoms with Crippen LogP contribution >= 0.6 is 11.8 Å². The van der Waals surface area contributed by atoms with Crippen molar-refractivity contribution >= 4 is 45.8 Å². The Kier molecular flexibility index (Phi) is 3.61. The molecule has 1 amide bonds. The quantitative estimate of drug-likeness (QED) is 0.670. The topological polar surface area (TPSA) is 99.9 Å². The molecule has 3 aromatic rings. The van der Waals surface area contributed by atoms with Crippen molar-refractivity contribution < 1.29 is 4.79 Å². The smallest absolute Gasteiger partial charge is 0.271 e. The zero-order chi connectivity index (χ0) is 17.6. The van der Waals surface area contributed by atoms with Gasteiger partial charge in [-0.2, -0.15) is 0 Å². The van der Waals surface area contributed by atoms with Gasteiger partial charge in [-0.05, 0) is 24.3 Å². The summed E-state index contributed by atoms with van der Waals surface area (Å²) in [6.07, 6.45) is 1.75. The van der Waals surface area contributed by atoms with Crippen LogP contribution in [0.25, 0.3) is 11.0 Å². The lowest BCUT2D eigenvalue weighted by Crippen LogP contribution is -2.21. The second-order valence-corrected chi connectivity index (χ2v) is 6.77. The molecule has 1 aliphatic rings. The third kappa shape index (κ3) is 2.60. The first-order valence-corrected chi connectivity index (χ1v) is 8.62. The molecule has 0 bridgehead atoms. The zero-order valence-corrected chi connectivity index (χ0v) is 14.4. The molecule has 0 saturated carbocycles. The van der Waals surface area contributed by atoms with E-state index in [4.69, 9.17) is 5.73 Å². The monoisotopic (exact) mass is 352 g/mol. The van der Waals surface area contributed by atoms with Gasteiger partial charge in [0.15, 0.2) is 11.3 Å². The normalized spacial score (nSPS) is 13.8. The van der Waals surface area contributed by atoms with E-state index in [2.05, 4.69) is 38.0 Å². The molecule has 25 heavy (non-hydrogen) atoms. The van der Waals surface area contributed by atoms with Crippen molar-refractivity contribution in [3.05, 3.63) is 48.4 Å². The largest absolute Gasteiger partial charge is 0.364 e. The maximum absolute atomic E-state index is 11.8. The molecule has 0 spiro atoms. The number of aromatic amines is 1. The van der Waals surface area contributed by atoms with Crippen LogP contribution in [0.4, 0.5) is 17.1 Å². The molecule has 4 N–H and O–H groups in total. The fourth-order valence-corrected chi connectivity index (χ4v) is 3.80. The number of primary amides is 1. The number of nitrogens with one attached hydrogen (secondary N) is 2. The second-order valence-electron chi connectivity index (χ2n) is 5.75. The molecule has 0 atom stereocenters. The molecule has 0 aliphatic carbocycles. The molecular weight excluding hydrogens is 336 g/mol. The molecule has 2 aromatic heterocycles. The lowest BCUT2D eigenvalue weighted by atomic mass is 10.2. The lowest BCUT2D eigenvalue weighted by molar-refractivity contribution is 0.0995. The highest BCUT2D eigenvalue weighted by Gasteiger charge is 2.20. The van der Waals surface area contributed by atoms with Gasteiger partial charge >= 0.3 is 0 Å². The molecule has 0 unspecified atom stereocenters. The first-order valence-electron chi connectivity index (χ1n) is 7.63. The van der Waals surface area contributed by atoms with Crippen molar-refractivity contribution in [1.82, 2.24) is 15.2 Å². The van der Waals surface area contributed by atoms with E-state index < -0.39 is 5.91 Å². The van der Waals surface area contributed by atoms with Gasteiger partial charge in [0, 0.05) is 40.7 Å². The molecule has 1 aliphatic heterocycles. The summed E-state index contributed by atoms with van der Waals surface area (Å²) >= 11 is 1.76. The van der Waals surface area contributed by atoms with Gasteiger partial charge in [-0.3, -0.25) is 4.79 Å². The molecular formula is C17H16N6OS. The Bertz CT molecular complexity index is 1010. The van der Waals surface area contributed by atoms with Gasteiger partial charge in [-0.25, -0.2) is 0 Å². The van der Waals surface area contributed by atoms with Crippen molar-refractivity contribution in [1.29, 1.82) is 0 Å². The van der Waals surface area contributed by atoms with E-state index in [1.807, 2.05) is 25.2 Å². The standard InChI is InChI=1S/C17H16N6OS/c1-9-8-25-13-4-3-10(7-12(13)23(9)2)20-14-11-5-6-19-17(11)22-21-15(14)16(18)24/h3-7H,1,8H2,2H3,(H2,18,24)(H2,19,20,22). The summed E-state index contributed by atoms with van der Waals surface area (Å²) in [6.45, 7) is 4.08. The van der Waals surface area contributed by atoms with E-state index in [0.29, 0.717) is 11.3 Å².